The fourth-order valence-electron chi connectivity index (χ4n) is 2.54. The van der Waals surface area contributed by atoms with Gasteiger partial charge in [0.1, 0.15) is 19.0 Å². The smallest absolute Gasteiger partial charge is 0.649 e. The van der Waals surface area contributed by atoms with E-state index in [0.717, 1.165) is 4.90 Å². The van der Waals surface area contributed by atoms with Crippen molar-refractivity contribution in [3.8, 4) is 0 Å². The van der Waals surface area contributed by atoms with Crippen molar-refractivity contribution in [1.29, 1.82) is 0 Å². The molecule has 1 saturated heterocycles. The van der Waals surface area contributed by atoms with E-state index in [-0.39, 0.29) is 45.6 Å². The number of rotatable bonds is 6. The number of halogens is 3. The van der Waals surface area contributed by atoms with Gasteiger partial charge in [-0.3, -0.25) is 9.80 Å². The fourth-order valence-corrected chi connectivity index (χ4v) is 2.71. The first-order chi connectivity index (χ1) is 15.9. The Kier molecular flexibility index (Phi) is 12.3. The van der Waals surface area contributed by atoms with Gasteiger partial charge in [-0.25, -0.2) is 9.59 Å². The van der Waals surface area contributed by atoms with Crippen molar-refractivity contribution in [1.82, 2.24) is 5.16 Å². The van der Waals surface area contributed by atoms with Crippen molar-refractivity contribution in [3.63, 3.8) is 0 Å². The van der Waals surface area contributed by atoms with Crippen LogP contribution in [0.25, 0.3) is 0 Å². The number of benzene rings is 1. The van der Waals surface area contributed by atoms with Gasteiger partial charge in [-0.15, -0.1) is 12.1 Å². The molecule has 0 N–H and O–H groups in total. The van der Waals surface area contributed by atoms with Gasteiger partial charge in [0, 0.05) is 6.07 Å². The standard InChI is InChI=1S/C16H13Cl3N3O5.C5H9O2.W/c17-16(18,19)10-25-14(23)22(13-6-7-26-20-13)9-12-8-21(15(24)27-12)11-4-2-1-3-5-11;1-5(2,3)7-4-6;/h2-7,12H,8-10H2;1-3H3;/q2*-1;+2/t12-;;/m1../s1. The second kappa shape index (κ2) is 13.9. The Labute approximate surface area is 231 Å². The van der Waals surface area contributed by atoms with Gasteiger partial charge in [-0.2, -0.15) is 18.2 Å². The van der Waals surface area contributed by atoms with Gasteiger partial charge in [0.25, 0.3) is 0 Å². The van der Waals surface area contributed by atoms with Crippen LogP contribution in [0, 0.1) is 6.07 Å². The van der Waals surface area contributed by atoms with Crippen molar-refractivity contribution in [2.75, 3.05) is 29.5 Å². The summed E-state index contributed by atoms with van der Waals surface area (Å²) in [6.07, 6.45) is -0.684. The van der Waals surface area contributed by atoms with Crippen LogP contribution in [-0.2, 0) is 40.1 Å². The van der Waals surface area contributed by atoms with Crippen molar-refractivity contribution in [3.05, 3.63) is 42.7 Å². The maximum absolute atomic E-state index is 12.4. The Morgan fingerprint density at radius 3 is 2.43 bits per heavy atom. The van der Waals surface area contributed by atoms with Crippen LogP contribution in [0.4, 0.5) is 21.1 Å². The van der Waals surface area contributed by atoms with Crippen LogP contribution in [0.3, 0.4) is 0 Å². The summed E-state index contributed by atoms with van der Waals surface area (Å²) in [4.78, 5) is 36.6. The van der Waals surface area contributed by atoms with Gasteiger partial charge in [-0.05, 0) is 20.8 Å². The number of hydrogen-bond donors (Lipinski definition) is 0. The predicted molar refractivity (Wildman–Crippen MR) is 125 cm³/mol. The molecular weight excluding hydrogens is 696 g/mol. The molecule has 0 spiro atoms. The quantitative estimate of drug-likeness (QED) is 0.241. The van der Waals surface area contributed by atoms with Crippen LogP contribution in [-0.4, -0.2) is 59.0 Å². The van der Waals surface area contributed by atoms with E-state index in [2.05, 4.69) is 16.0 Å². The molecule has 1 atom stereocenters. The summed E-state index contributed by atoms with van der Waals surface area (Å²) in [5, 5.41) is 3.71. The molecule has 2 amide bonds. The molecule has 0 radical (unpaired) electrons. The topological polar surface area (TPSA) is 111 Å². The van der Waals surface area contributed by atoms with Gasteiger partial charge in [0.05, 0.1) is 18.7 Å². The van der Waals surface area contributed by atoms with Crippen LogP contribution in [0.15, 0.2) is 41.1 Å². The summed E-state index contributed by atoms with van der Waals surface area (Å²) in [6.45, 7) is 6.48. The molecule has 0 aliphatic carbocycles. The number of ether oxygens (including phenoxy) is 3. The Balaban J connectivity index is 0.000000672. The third-order valence-corrected chi connectivity index (χ3v) is 4.23. The zero-order valence-electron chi connectivity index (χ0n) is 18.9. The predicted octanol–water partition coefficient (Wildman–Crippen LogP) is 4.68. The van der Waals surface area contributed by atoms with E-state index in [4.69, 9.17) is 48.8 Å². The molecule has 1 aromatic carbocycles. The van der Waals surface area contributed by atoms with E-state index >= 15 is 0 Å². The Hall–Kier alpha value is -2.00. The van der Waals surface area contributed by atoms with Crippen molar-refractivity contribution in [2.24, 2.45) is 0 Å². The molecule has 0 bridgehead atoms. The van der Waals surface area contributed by atoms with E-state index in [1.54, 1.807) is 45.0 Å². The van der Waals surface area contributed by atoms with Gasteiger partial charge >= 0.3 is 33.3 Å². The minimum atomic E-state index is -1.76. The number of alkyl halides is 3. The average Bonchev–Trinajstić information content (AvgIpc) is 3.40. The number of nitrogens with zero attached hydrogens (tertiary/aromatic N) is 3. The van der Waals surface area contributed by atoms with E-state index < -0.39 is 28.7 Å². The second-order valence-corrected chi connectivity index (χ2v) is 10.3. The number of anilines is 2. The molecule has 14 heteroatoms. The number of aromatic nitrogens is 1. The molecule has 190 valence electrons. The van der Waals surface area contributed by atoms with E-state index in [1.165, 1.54) is 23.7 Å². The normalized spacial score (nSPS) is 15.2. The number of carbonyl (C=O) groups is 2. The van der Waals surface area contributed by atoms with Gasteiger partial charge in [-0.1, -0.05) is 52.1 Å². The molecule has 1 aromatic heterocycles. The Bertz CT molecular complexity index is 938. The summed E-state index contributed by atoms with van der Waals surface area (Å²) in [5.41, 5.74) is 0.287. The molecule has 1 fully saturated rings. The summed E-state index contributed by atoms with van der Waals surface area (Å²) in [5.74, 6) is 0.174. The Morgan fingerprint density at radius 1 is 1.29 bits per heavy atom. The molecule has 1 aliphatic heterocycles. The van der Waals surface area contributed by atoms with Crippen LogP contribution >= 0.6 is 34.8 Å². The zero-order chi connectivity index (χ0) is 25.4. The van der Waals surface area contributed by atoms with E-state index in [9.17, 15) is 14.4 Å². The van der Waals surface area contributed by atoms with Crippen molar-refractivity contribution >= 4 is 65.0 Å². The monoisotopic (exact) mass is 717 g/mol. The SMILES string of the molecule is CC(C)(C)O[C-]=O.O=C1O[C@@H](CN(C(=O)OCC(Cl)(Cl)Cl)c2ccon2)CN1c1cc[c-]cc1.[W+2]. The summed E-state index contributed by atoms with van der Waals surface area (Å²) < 4.78 is 17.8. The molecule has 0 unspecified atom stereocenters. The van der Waals surface area contributed by atoms with Crippen LogP contribution < -0.4 is 9.80 Å². The molecular formula is C21H22Cl3N3O7W. The second-order valence-electron chi connectivity index (χ2n) is 7.81. The molecule has 10 nitrogen and oxygen atoms in total. The third-order valence-electron chi connectivity index (χ3n) is 3.90. The number of cyclic esters (lactones) is 1. The molecule has 3 rings (SSSR count). The third kappa shape index (κ3) is 11.1. The molecule has 0 saturated carbocycles. The fraction of sp³-hybridized carbons (Fsp3) is 0.429. The number of carbonyl (C=O) groups excluding carboxylic acids is 3. The van der Waals surface area contributed by atoms with Crippen LogP contribution in [0.2, 0.25) is 0 Å². The van der Waals surface area contributed by atoms with E-state index in [1.807, 2.05) is 0 Å². The first kappa shape index (κ1) is 31.0. The van der Waals surface area contributed by atoms with Crippen LogP contribution in [0.5, 0.6) is 0 Å². The Morgan fingerprint density at radius 2 is 1.94 bits per heavy atom. The molecule has 2 aromatic rings. The minimum absolute atomic E-state index is 0. The molecule has 35 heavy (non-hydrogen) atoms. The number of hydrogen-bond acceptors (Lipinski definition) is 8. The number of amides is 2. The zero-order valence-corrected chi connectivity index (χ0v) is 24.1. The average molecular weight is 719 g/mol. The van der Waals surface area contributed by atoms with Gasteiger partial charge < -0.3 is 23.5 Å². The van der Waals surface area contributed by atoms with E-state index in [0.29, 0.717) is 5.69 Å². The summed E-state index contributed by atoms with van der Waals surface area (Å²) >= 11 is 16.8. The maximum atomic E-state index is 12.4. The van der Waals surface area contributed by atoms with Crippen molar-refractivity contribution in [2.45, 2.75) is 36.3 Å². The first-order valence-electron chi connectivity index (χ1n) is 9.80. The summed E-state index contributed by atoms with van der Waals surface area (Å²) in [7, 11) is 0. The molecule has 1 aliphatic rings. The van der Waals surface area contributed by atoms with Gasteiger partial charge in [0.15, 0.2) is 5.82 Å². The summed E-state index contributed by atoms with van der Waals surface area (Å²) in [6, 6.07) is 11.2. The minimum Gasteiger partial charge on any atom is -0.649 e. The largest absolute Gasteiger partial charge is 2.00 e. The first-order valence-corrected chi connectivity index (χ1v) is 10.9. The maximum Gasteiger partial charge on any atom is 2.00 e. The molecule has 2 heterocycles. The van der Waals surface area contributed by atoms with Gasteiger partial charge in [0.2, 0.25) is 3.79 Å². The van der Waals surface area contributed by atoms with Crippen LogP contribution in [0.1, 0.15) is 20.8 Å². The van der Waals surface area contributed by atoms with Crippen molar-refractivity contribution < 1.29 is 54.2 Å².